The average Bonchev–Trinajstić information content (AvgIpc) is 2.53. The molecule has 0 aromatic heterocycles. The Morgan fingerprint density at radius 3 is 2.35 bits per heavy atom. The van der Waals surface area contributed by atoms with E-state index in [4.69, 9.17) is 5.73 Å². The summed E-state index contributed by atoms with van der Waals surface area (Å²) in [7, 11) is 0. The van der Waals surface area contributed by atoms with Gasteiger partial charge in [-0.3, -0.25) is 14.5 Å². The fraction of sp³-hybridized carbons (Fsp3) is 0.385. The first kappa shape index (κ1) is 11.6. The minimum absolute atomic E-state index is 0.116. The summed E-state index contributed by atoms with van der Waals surface area (Å²) in [4.78, 5) is 25.4. The number of anilines is 2. The fourth-order valence-electron chi connectivity index (χ4n) is 2.03. The zero-order valence-corrected chi connectivity index (χ0v) is 10.1. The zero-order valence-electron chi connectivity index (χ0n) is 10.1. The molecule has 1 aromatic rings. The van der Waals surface area contributed by atoms with Gasteiger partial charge in [0.15, 0.2) is 0 Å². The van der Waals surface area contributed by atoms with Gasteiger partial charge in [-0.15, -0.1) is 0 Å². The lowest BCUT2D eigenvalue weighted by atomic mass is 9.86. The molecule has 90 valence electrons. The molecule has 1 unspecified atom stereocenters. The quantitative estimate of drug-likeness (QED) is 0.626. The normalized spacial score (nSPS) is 24.5. The standard InChI is InChI=1S/C13H16N2O2/c1-3-13(2)8-11(16)15(12(13)17)10-6-4-9(14)5-7-10/h4-7H,3,8,14H2,1-2H3. The second-order valence-corrected chi connectivity index (χ2v) is 4.72. The second-order valence-electron chi connectivity index (χ2n) is 4.72. The molecule has 1 aromatic carbocycles. The molecule has 2 N–H and O–H groups in total. The third-order valence-corrected chi connectivity index (χ3v) is 3.44. The van der Waals surface area contributed by atoms with Crippen LogP contribution in [0.2, 0.25) is 0 Å². The number of imide groups is 1. The van der Waals surface area contributed by atoms with Crippen LogP contribution in [0.25, 0.3) is 0 Å². The van der Waals surface area contributed by atoms with E-state index in [1.807, 2.05) is 13.8 Å². The SMILES string of the molecule is CCC1(C)CC(=O)N(c2ccc(N)cc2)C1=O. The molecule has 1 aliphatic rings. The van der Waals surface area contributed by atoms with Gasteiger partial charge in [-0.25, -0.2) is 0 Å². The smallest absolute Gasteiger partial charge is 0.240 e. The second kappa shape index (κ2) is 3.87. The average molecular weight is 232 g/mol. The molecule has 0 aliphatic carbocycles. The van der Waals surface area contributed by atoms with E-state index in [-0.39, 0.29) is 18.2 Å². The fourth-order valence-corrected chi connectivity index (χ4v) is 2.03. The molecule has 0 radical (unpaired) electrons. The molecular formula is C13H16N2O2. The van der Waals surface area contributed by atoms with Gasteiger partial charge in [0.1, 0.15) is 0 Å². The maximum atomic E-state index is 12.2. The number of nitrogen functional groups attached to an aromatic ring is 1. The Morgan fingerprint density at radius 1 is 1.29 bits per heavy atom. The summed E-state index contributed by atoms with van der Waals surface area (Å²) in [6, 6.07) is 6.79. The van der Waals surface area contributed by atoms with Gasteiger partial charge < -0.3 is 5.73 Å². The predicted octanol–water partition coefficient (Wildman–Crippen LogP) is 1.95. The van der Waals surface area contributed by atoms with E-state index in [1.54, 1.807) is 24.3 Å². The molecule has 0 saturated carbocycles. The molecule has 0 bridgehead atoms. The number of hydrogen-bond donors (Lipinski definition) is 1. The van der Waals surface area contributed by atoms with Crippen molar-refractivity contribution >= 4 is 23.2 Å². The van der Waals surface area contributed by atoms with Crippen LogP contribution < -0.4 is 10.6 Å². The maximum absolute atomic E-state index is 12.2. The Kier molecular flexibility index (Phi) is 2.65. The number of nitrogens with zero attached hydrogens (tertiary/aromatic N) is 1. The monoisotopic (exact) mass is 232 g/mol. The molecule has 2 rings (SSSR count). The minimum Gasteiger partial charge on any atom is -0.399 e. The molecule has 1 aliphatic heterocycles. The Labute approximate surface area is 100 Å². The zero-order chi connectivity index (χ0) is 12.6. The van der Waals surface area contributed by atoms with Crippen molar-refractivity contribution < 1.29 is 9.59 Å². The van der Waals surface area contributed by atoms with Gasteiger partial charge in [-0.2, -0.15) is 0 Å². The van der Waals surface area contributed by atoms with Gasteiger partial charge in [-0.05, 0) is 30.7 Å². The van der Waals surface area contributed by atoms with Crippen LogP contribution in [0.1, 0.15) is 26.7 Å². The summed E-state index contributed by atoms with van der Waals surface area (Å²) < 4.78 is 0. The van der Waals surface area contributed by atoms with Crippen LogP contribution in [0, 0.1) is 5.41 Å². The summed E-state index contributed by atoms with van der Waals surface area (Å²) in [5.41, 5.74) is 6.25. The summed E-state index contributed by atoms with van der Waals surface area (Å²) in [5.74, 6) is -0.251. The third-order valence-electron chi connectivity index (χ3n) is 3.44. The van der Waals surface area contributed by atoms with E-state index >= 15 is 0 Å². The summed E-state index contributed by atoms with van der Waals surface area (Å²) >= 11 is 0. The van der Waals surface area contributed by atoms with E-state index in [1.165, 1.54) is 4.90 Å². The van der Waals surface area contributed by atoms with Gasteiger partial charge in [0.05, 0.1) is 11.1 Å². The Bertz CT molecular complexity index is 467. The topological polar surface area (TPSA) is 63.4 Å². The molecule has 17 heavy (non-hydrogen) atoms. The molecule has 1 atom stereocenters. The number of amides is 2. The van der Waals surface area contributed by atoms with E-state index in [0.717, 1.165) is 0 Å². The van der Waals surface area contributed by atoms with Crippen molar-refractivity contribution in [3.8, 4) is 0 Å². The number of rotatable bonds is 2. The van der Waals surface area contributed by atoms with Gasteiger partial charge in [0.2, 0.25) is 11.8 Å². The lowest BCUT2D eigenvalue weighted by molar-refractivity contribution is -0.125. The molecule has 1 fully saturated rings. The summed E-state index contributed by atoms with van der Waals surface area (Å²) in [5, 5.41) is 0. The molecule has 4 heteroatoms. The maximum Gasteiger partial charge on any atom is 0.240 e. The first-order chi connectivity index (χ1) is 7.98. The van der Waals surface area contributed by atoms with Crippen molar-refractivity contribution in [1.82, 2.24) is 0 Å². The Balaban J connectivity index is 2.37. The van der Waals surface area contributed by atoms with Crippen LogP contribution in [0.5, 0.6) is 0 Å². The van der Waals surface area contributed by atoms with Crippen molar-refractivity contribution in [3.05, 3.63) is 24.3 Å². The van der Waals surface area contributed by atoms with Crippen molar-refractivity contribution in [2.45, 2.75) is 26.7 Å². The van der Waals surface area contributed by atoms with Crippen molar-refractivity contribution in [2.24, 2.45) is 5.41 Å². The highest BCUT2D eigenvalue weighted by atomic mass is 16.2. The van der Waals surface area contributed by atoms with Crippen LogP contribution in [0.15, 0.2) is 24.3 Å². The molecule has 0 spiro atoms. The molecule has 1 saturated heterocycles. The Hall–Kier alpha value is -1.84. The number of carbonyl (C=O) groups excluding carboxylic acids is 2. The lowest BCUT2D eigenvalue weighted by Crippen LogP contribution is -2.33. The van der Waals surface area contributed by atoms with Gasteiger partial charge in [0.25, 0.3) is 0 Å². The van der Waals surface area contributed by atoms with Crippen molar-refractivity contribution in [1.29, 1.82) is 0 Å². The minimum atomic E-state index is -0.557. The molecule has 1 heterocycles. The number of carbonyl (C=O) groups is 2. The highest BCUT2D eigenvalue weighted by Gasteiger charge is 2.47. The highest BCUT2D eigenvalue weighted by Crippen LogP contribution is 2.38. The molecule has 2 amide bonds. The van der Waals surface area contributed by atoms with Gasteiger partial charge in [0, 0.05) is 12.1 Å². The number of benzene rings is 1. The summed E-state index contributed by atoms with van der Waals surface area (Å²) in [6.07, 6.45) is 0.954. The first-order valence-electron chi connectivity index (χ1n) is 5.71. The number of nitrogens with two attached hydrogens (primary N) is 1. The van der Waals surface area contributed by atoms with Crippen molar-refractivity contribution in [2.75, 3.05) is 10.6 Å². The largest absolute Gasteiger partial charge is 0.399 e. The first-order valence-corrected chi connectivity index (χ1v) is 5.71. The van der Waals surface area contributed by atoms with E-state index in [9.17, 15) is 9.59 Å². The van der Waals surface area contributed by atoms with Crippen LogP contribution >= 0.6 is 0 Å². The van der Waals surface area contributed by atoms with Crippen molar-refractivity contribution in [3.63, 3.8) is 0 Å². The predicted molar refractivity (Wildman–Crippen MR) is 66.4 cm³/mol. The van der Waals surface area contributed by atoms with E-state index < -0.39 is 5.41 Å². The van der Waals surface area contributed by atoms with Crippen LogP contribution in [0.3, 0.4) is 0 Å². The lowest BCUT2D eigenvalue weighted by Gasteiger charge is -2.20. The molecule has 4 nitrogen and oxygen atoms in total. The van der Waals surface area contributed by atoms with Gasteiger partial charge >= 0.3 is 0 Å². The summed E-state index contributed by atoms with van der Waals surface area (Å²) in [6.45, 7) is 3.77. The van der Waals surface area contributed by atoms with Gasteiger partial charge in [-0.1, -0.05) is 13.8 Å². The number of hydrogen-bond acceptors (Lipinski definition) is 3. The highest BCUT2D eigenvalue weighted by molar-refractivity contribution is 6.22. The van der Waals surface area contributed by atoms with Crippen LogP contribution in [-0.2, 0) is 9.59 Å². The van der Waals surface area contributed by atoms with Crippen LogP contribution in [-0.4, -0.2) is 11.8 Å². The molecular weight excluding hydrogens is 216 g/mol. The van der Waals surface area contributed by atoms with Crippen LogP contribution in [0.4, 0.5) is 11.4 Å². The third kappa shape index (κ3) is 1.79. The van der Waals surface area contributed by atoms with E-state index in [0.29, 0.717) is 17.8 Å². The van der Waals surface area contributed by atoms with E-state index in [2.05, 4.69) is 0 Å². The Morgan fingerprint density at radius 2 is 1.88 bits per heavy atom.